The van der Waals surface area contributed by atoms with E-state index in [1.54, 1.807) is 6.20 Å². The molecule has 0 saturated carbocycles. The molecule has 0 aliphatic heterocycles. The predicted octanol–water partition coefficient (Wildman–Crippen LogP) is 1.52. The summed E-state index contributed by atoms with van der Waals surface area (Å²) in [6, 6.07) is 9.69. The lowest BCUT2D eigenvalue weighted by atomic mass is 10.2. The SMILES string of the molecule is Nc1cccc2cccnc12.O=CO. The first kappa shape index (κ1) is 9.98. The lowest BCUT2D eigenvalue weighted by molar-refractivity contribution is -0.122. The van der Waals surface area contributed by atoms with Gasteiger partial charge in [-0.2, -0.15) is 0 Å². The maximum atomic E-state index is 8.36. The Morgan fingerprint density at radius 1 is 1.29 bits per heavy atom. The standard InChI is InChI=1S/C9H8N2.CH2O2/c10-8-5-1-3-7-4-2-6-11-9(7)8;2-1-3/h1-6H,10H2;1H,(H,2,3). The number of rotatable bonds is 0. The summed E-state index contributed by atoms with van der Waals surface area (Å²) in [5, 5.41) is 7.98. The van der Waals surface area contributed by atoms with Crippen LogP contribution in [0.1, 0.15) is 0 Å². The molecule has 1 aromatic heterocycles. The Morgan fingerprint density at radius 3 is 2.57 bits per heavy atom. The lowest BCUT2D eigenvalue weighted by Crippen LogP contribution is -1.87. The van der Waals surface area contributed by atoms with Gasteiger partial charge in [-0.25, -0.2) is 0 Å². The molecule has 14 heavy (non-hydrogen) atoms. The largest absolute Gasteiger partial charge is 0.483 e. The molecule has 0 unspecified atom stereocenters. The molecule has 1 heterocycles. The van der Waals surface area contributed by atoms with Gasteiger partial charge in [-0.3, -0.25) is 9.78 Å². The molecular formula is C10H10N2O2. The maximum Gasteiger partial charge on any atom is 0.290 e. The summed E-state index contributed by atoms with van der Waals surface area (Å²) in [5.74, 6) is 0. The van der Waals surface area contributed by atoms with E-state index >= 15 is 0 Å². The number of carbonyl (C=O) groups is 1. The Labute approximate surface area is 81.0 Å². The van der Waals surface area contributed by atoms with E-state index in [1.165, 1.54) is 0 Å². The van der Waals surface area contributed by atoms with Gasteiger partial charge in [-0.1, -0.05) is 18.2 Å². The molecule has 0 spiro atoms. The molecule has 0 aliphatic rings. The monoisotopic (exact) mass is 190 g/mol. The maximum absolute atomic E-state index is 8.36. The number of nitrogens with two attached hydrogens (primary N) is 1. The van der Waals surface area contributed by atoms with E-state index in [2.05, 4.69) is 4.98 Å². The molecule has 0 fully saturated rings. The number of aromatic nitrogens is 1. The Kier molecular flexibility index (Phi) is 3.43. The minimum atomic E-state index is -0.250. The fraction of sp³-hybridized carbons (Fsp3) is 0. The average molecular weight is 190 g/mol. The van der Waals surface area contributed by atoms with Crippen LogP contribution in [0.3, 0.4) is 0 Å². The number of pyridine rings is 1. The first-order valence-electron chi connectivity index (χ1n) is 3.96. The summed E-state index contributed by atoms with van der Waals surface area (Å²) >= 11 is 0. The molecule has 3 N–H and O–H groups in total. The number of nitrogens with zero attached hydrogens (tertiary/aromatic N) is 1. The molecule has 4 heteroatoms. The molecule has 1 aromatic carbocycles. The molecule has 0 radical (unpaired) electrons. The fourth-order valence-electron chi connectivity index (χ4n) is 1.13. The summed E-state index contributed by atoms with van der Waals surface area (Å²) in [5.41, 5.74) is 7.32. The Balaban J connectivity index is 0.000000293. The highest BCUT2D eigenvalue weighted by Crippen LogP contribution is 2.16. The third kappa shape index (κ3) is 2.20. The number of benzene rings is 1. The van der Waals surface area contributed by atoms with Crippen LogP contribution in [0.15, 0.2) is 36.5 Å². The van der Waals surface area contributed by atoms with Crippen molar-refractivity contribution >= 4 is 23.1 Å². The third-order valence-electron chi connectivity index (χ3n) is 1.66. The molecule has 0 saturated heterocycles. The number of fused-ring (bicyclic) bond motifs is 1. The van der Waals surface area contributed by atoms with Gasteiger partial charge in [0.05, 0.1) is 11.2 Å². The Morgan fingerprint density at radius 2 is 1.93 bits per heavy atom. The molecule has 0 amide bonds. The number of para-hydroxylation sites is 1. The number of nitrogen functional groups attached to an aromatic ring is 1. The molecule has 2 rings (SSSR count). The number of anilines is 1. The van der Waals surface area contributed by atoms with Crippen LogP contribution >= 0.6 is 0 Å². The van der Waals surface area contributed by atoms with Gasteiger partial charge in [0.15, 0.2) is 0 Å². The van der Waals surface area contributed by atoms with E-state index in [0.717, 1.165) is 16.6 Å². The van der Waals surface area contributed by atoms with Gasteiger partial charge in [0.2, 0.25) is 0 Å². The number of carboxylic acid groups (broad SMARTS) is 1. The third-order valence-corrected chi connectivity index (χ3v) is 1.66. The molecule has 2 aromatic rings. The summed E-state index contributed by atoms with van der Waals surface area (Å²) in [6.07, 6.45) is 1.75. The van der Waals surface area contributed by atoms with Gasteiger partial charge in [-0.05, 0) is 12.1 Å². The topological polar surface area (TPSA) is 76.2 Å². The van der Waals surface area contributed by atoms with Crippen molar-refractivity contribution in [2.75, 3.05) is 5.73 Å². The van der Waals surface area contributed by atoms with Crippen LogP contribution in [0.4, 0.5) is 5.69 Å². The molecule has 4 nitrogen and oxygen atoms in total. The molecule has 0 aliphatic carbocycles. The van der Waals surface area contributed by atoms with E-state index < -0.39 is 0 Å². The molecule has 72 valence electrons. The second kappa shape index (κ2) is 4.81. The van der Waals surface area contributed by atoms with E-state index in [4.69, 9.17) is 15.6 Å². The zero-order valence-corrected chi connectivity index (χ0v) is 7.42. The smallest absolute Gasteiger partial charge is 0.290 e. The zero-order chi connectivity index (χ0) is 10.4. The number of hydrogen-bond acceptors (Lipinski definition) is 3. The summed E-state index contributed by atoms with van der Waals surface area (Å²) in [6.45, 7) is -0.250. The van der Waals surface area contributed by atoms with Crippen molar-refractivity contribution < 1.29 is 9.90 Å². The highest BCUT2D eigenvalue weighted by Gasteiger charge is 1.94. The quantitative estimate of drug-likeness (QED) is 0.487. The minimum absolute atomic E-state index is 0.250. The van der Waals surface area contributed by atoms with Crippen LogP contribution in [0.5, 0.6) is 0 Å². The van der Waals surface area contributed by atoms with Gasteiger partial charge in [0.1, 0.15) is 0 Å². The van der Waals surface area contributed by atoms with Gasteiger partial charge in [0.25, 0.3) is 6.47 Å². The van der Waals surface area contributed by atoms with Gasteiger partial charge in [0, 0.05) is 11.6 Å². The highest BCUT2D eigenvalue weighted by molar-refractivity contribution is 5.88. The first-order valence-corrected chi connectivity index (χ1v) is 3.96. The normalized spacial score (nSPS) is 8.86. The second-order valence-electron chi connectivity index (χ2n) is 2.53. The van der Waals surface area contributed by atoms with E-state index in [1.807, 2.05) is 30.3 Å². The van der Waals surface area contributed by atoms with Gasteiger partial charge in [-0.15, -0.1) is 0 Å². The summed E-state index contributed by atoms with van der Waals surface area (Å²) in [4.78, 5) is 12.5. The molecule has 0 bridgehead atoms. The molecular weight excluding hydrogens is 180 g/mol. The van der Waals surface area contributed by atoms with Crippen molar-refractivity contribution in [1.29, 1.82) is 0 Å². The van der Waals surface area contributed by atoms with E-state index in [9.17, 15) is 0 Å². The predicted molar refractivity (Wildman–Crippen MR) is 54.8 cm³/mol. The molecule has 0 atom stereocenters. The van der Waals surface area contributed by atoms with Crippen LogP contribution in [-0.4, -0.2) is 16.6 Å². The van der Waals surface area contributed by atoms with E-state index in [-0.39, 0.29) is 6.47 Å². The van der Waals surface area contributed by atoms with Crippen molar-refractivity contribution in [3.63, 3.8) is 0 Å². The minimum Gasteiger partial charge on any atom is -0.483 e. The van der Waals surface area contributed by atoms with Crippen LogP contribution in [0, 0.1) is 0 Å². The summed E-state index contributed by atoms with van der Waals surface area (Å²) in [7, 11) is 0. The van der Waals surface area contributed by atoms with Crippen LogP contribution in [0.2, 0.25) is 0 Å². The fourth-order valence-corrected chi connectivity index (χ4v) is 1.13. The van der Waals surface area contributed by atoms with Gasteiger partial charge < -0.3 is 10.8 Å². The zero-order valence-electron chi connectivity index (χ0n) is 7.42. The lowest BCUT2D eigenvalue weighted by Gasteiger charge is -1.97. The van der Waals surface area contributed by atoms with Crippen molar-refractivity contribution in [3.8, 4) is 0 Å². The average Bonchev–Trinajstić information content (AvgIpc) is 2.20. The van der Waals surface area contributed by atoms with Gasteiger partial charge >= 0.3 is 0 Å². The van der Waals surface area contributed by atoms with Crippen molar-refractivity contribution in [1.82, 2.24) is 4.98 Å². The highest BCUT2D eigenvalue weighted by atomic mass is 16.3. The van der Waals surface area contributed by atoms with Crippen molar-refractivity contribution in [2.24, 2.45) is 0 Å². The van der Waals surface area contributed by atoms with Crippen LogP contribution in [0.25, 0.3) is 10.9 Å². The van der Waals surface area contributed by atoms with Crippen molar-refractivity contribution in [3.05, 3.63) is 36.5 Å². The van der Waals surface area contributed by atoms with Crippen LogP contribution in [-0.2, 0) is 4.79 Å². The first-order chi connectivity index (χ1) is 6.79. The van der Waals surface area contributed by atoms with E-state index in [0.29, 0.717) is 0 Å². The Hall–Kier alpha value is -2.10. The van der Waals surface area contributed by atoms with Crippen LogP contribution < -0.4 is 5.73 Å². The number of hydrogen-bond donors (Lipinski definition) is 2. The summed E-state index contributed by atoms with van der Waals surface area (Å²) < 4.78 is 0. The van der Waals surface area contributed by atoms with Crippen molar-refractivity contribution in [2.45, 2.75) is 0 Å². The Bertz CT molecular complexity index is 424. The second-order valence-corrected chi connectivity index (χ2v) is 2.53.